The van der Waals surface area contributed by atoms with Crippen molar-refractivity contribution in [1.82, 2.24) is 19.4 Å². The van der Waals surface area contributed by atoms with E-state index in [9.17, 15) is 14.4 Å². The Kier molecular flexibility index (Phi) is 6.08. The second-order valence-electron chi connectivity index (χ2n) is 7.65. The lowest BCUT2D eigenvalue weighted by Crippen LogP contribution is -2.48. The first-order valence-corrected chi connectivity index (χ1v) is 11.1. The molecule has 1 saturated heterocycles. The fraction of sp³-hybridized carbons (Fsp3) is 0.304. The summed E-state index contributed by atoms with van der Waals surface area (Å²) in [6.45, 7) is 4.16. The van der Waals surface area contributed by atoms with Gasteiger partial charge in [-0.2, -0.15) is 0 Å². The highest BCUT2D eigenvalue weighted by molar-refractivity contribution is 7.98. The van der Waals surface area contributed by atoms with Crippen LogP contribution in [0.1, 0.15) is 21.5 Å². The lowest BCUT2D eigenvalue weighted by molar-refractivity contribution is -0.119. The molecule has 7 nitrogen and oxygen atoms in total. The molecule has 0 N–H and O–H groups in total. The Hall–Kier alpha value is -3.13. The maximum atomic E-state index is 12.7. The largest absolute Gasteiger partial charge is 0.342 e. The van der Waals surface area contributed by atoms with Crippen LogP contribution in [0, 0.1) is 6.92 Å². The van der Waals surface area contributed by atoms with E-state index < -0.39 is 0 Å². The van der Waals surface area contributed by atoms with Crippen molar-refractivity contribution in [2.45, 2.75) is 17.8 Å². The van der Waals surface area contributed by atoms with Crippen LogP contribution in [0.5, 0.6) is 0 Å². The van der Waals surface area contributed by atoms with Crippen LogP contribution in [0.15, 0.2) is 52.4 Å². The normalized spacial score (nSPS) is 14.1. The fourth-order valence-corrected chi connectivity index (χ4v) is 4.62. The monoisotopic (exact) mass is 436 g/mol. The number of benzene rings is 2. The summed E-state index contributed by atoms with van der Waals surface area (Å²) in [5.74, 6) is 0.628. The van der Waals surface area contributed by atoms with Crippen LogP contribution >= 0.6 is 11.8 Å². The molecule has 0 aliphatic carbocycles. The number of nitrogens with zero attached hydrogens (tertiary/aromatic N) is 4. The van der Waals surface area contributed by atoms with Gasteiger partial charge in [0, 0.05) is 44.5 Å². The number of aryl methyl sites for hydroxylation is 1. The third kappa shape index (κ3) is 4.34. The maximum absolute atomic E-state index is 12.7. The second-order valence-corrected chi connectivity index (χ2v) is 8.59. The summed E-state index contributed by atoms with van der Waals surface area (Å²) in [5.41, 5.74) is 3.28. The highest BCUT2D eigenvalue weighted by Crippen LogP contribution is 2.23. The number of thioether (sulfide) groups is 1. The van der Waals surface area contributed by atoms with E-state index in [1.807, 2.05) is 49.4 Å². The number of amides is 2. The first kappa shape index (κ1) is 21.1. The molecule has 3 aromatic rings. The Labute approximate surface area is 184 Å². The van der Waals surface area contributed by atoms with Gasteiger partial charge in [-0.1, -0.05) is 36.0 Å². The van der Waals surface area contributed by atoms with Crippen molar-refractivity contribution >= 4 is 35.0 Å². The Balaban J connectivity index is 1.44. The van der Waals surface area contributed by atoms with E-state index in [2.05, 4.69) is 4.98 Å². The predicted octanol–water partition coefficient (Wildman–Crippen LogP) is 2.45. The average molecular weight is 437 g/mol. The number of piperazine rings is 1. The van der Waals surface area contributed by atoms with Gasteiger partial charge in [-0.3, -0.25) is 19.0 Å². The van der Waals surface area contributed by atoms with Gasteiger partial charge < -0.3 is 9.80 Å². The minimum absolute atomic E-state index is 0.0151. The Morgan fingerprint density at radius 1 is 1.10 bits per heavy atom. The Morgan fingerprint density at radius 3 is 2.48 bits per heavy atom. The number of hydrogen-bond donors (Lipinski definition) is 0. The molecule has 2 amide bonds. The van der Waals surface area contributed by atoms with E-state index >= 15 is 0 Å². The topological polar surface area (TPSA) is 75.5 Å². The van der Waals surface area contributed by atoms with Gasteiger partial charge in [0.1, 0.15) is 0 Å². The number of rotatable bonds is 5. The molecule has 0 radical (unpaired) electrons. The van der Waals surface area contributed by atoms with Crippen LogP contribution in [0.4, 0.5) is 0 Å². The Morgan fingerprint density at radius 2 is 1.81 bits per heavy atom. The van der Waals surface area contributed by atoms with Crippen molar-refractivity contribution in [3.63, 3.8) is 0 Å². The summed E-state index contributed by atoms with van der Waals surface area (Å²) >= 11 is 1.50. The number of carbonyl (C=O) groups excluding carboxylic acids is 2. The lowest BCUT2D eigenvalue weighted by atomic mass is 10.1. The van der Waals surface area contributed by atoms with Crippen LogP contribution in [-0.4, -0.2) is 57.8 Å². The SMILES string of the molecule is Cc1cccc2nc(SCc3ccc(C(=O)N4CCN(C=O)CC4)cc3)n(C)c(=O)c12. The van der Waals surface area contributed by atoms with E-state index in [4.69, 9.17) is 0 Å². The second kappa shape index (κ2) is 8.93. The molecule has 0 saturated carbocycles. The van der Waals surface area contributed by atoms with Crippen molar-refractivity contribution in [2.75, 3.05) is 26.2 Å². The van der Waals surface area contributed by atoms with Gasteiger partial charge in [-0.15, -0.1) is 0 Å². The molecule has 0 unspecified atom stereocenters. The quantitative estimate of drug-likeness (QED) is 0.349. The van der Waals surface area contributed by atoms with Crippen molar-refractivity contribution in [3.05, 3.63) is 69.5 Å². The molecule has 1 fully saturated rings. The zero-order valence-electron chi connectivity index (χ0n) is 17.6. The number of fused-ring (bicyclic) bond motifs is 1. The van der Waals surface area contributed by atoms with Gasteiger partial charge in [-0.05, 0) is 36.2 Å². The lowest BCUT2D eigenvalue weighted by Gasteiger charge is -2.32. The zero-order valence-corrected chi connectivity index (χ0v) is 18.4. The van der Waals surface area contributed by atoms with Crippen molar-refractivity contribution in [1.29, 1.82) is 0 Å². The number of aromatic nitrogens is 2. The summed E-state index contributed by atoms with van der Waals surface area (Å²) in [6.07, 6.45) is 0.829. The van der Waals surface area contributed by atoms with Crippen LogP contribution in [0.2, 0.25) is 0 Å². The molecule has 0 bridgehead atoms. The summed E-state index contributed by atoms with van der Waals surface area (Å²) in [6, 6.07) is 13.2. The Bertz CT molecular complexity index is 1180. The van der Waals surface area contributed by atoms with Gasteiger partial charge in [0.25, 0.3) is 11.5 Å². The molecule has 2 aromatic carbocycles. The standard InChI is InChI=1S/C23H24N4O3S/c1-16-4-3-5-19-20(16)22(30)25(2)23(24-19)31-14-17-6-8-18(9-7-17)21(29)27-12-10-26(15-28)11-13-27/h3-9,15H,10-14H2,1-2H3. The van der Waals surface area contributed by atoms with E-state index in [1.54, 1.807) is 21.4 Å². The van der Waals surface area contributed by atoms with E-state index in [1.165, 1.54) is 11.8 Å². The molecule has 1 aliphatic heterocycles. The number of hydrogen-bond acceptors (Lipinski definition) is 5. The van der Waals surface area contributed by atoms with Crippen LogP contribution in [0.25, 0.3) is 10.9 Å². The van der Waals surface area contributed by atoms with Gasteiger partial charge >= 0.3 is 0 Å². The first-order chi connectivity index (χ1) is 15.0. The van der Waals surface area contributed by atoms with E-state index in [-0.39, 0.29) is 11.5 Å². The van der Waals surface area contributed by atoms with Crippen LogP contribution in [-0.2, 0) is 17.6 Å². The minimum Gasteiger partial charge on any atom is -0.342 e. The molecule has 4 rings (SSSR count). The first-order valence-electron chi connectivity index (χ1n) is 10.1. The highest BCUT2D eigenvalue weighted by atomic mass is 32.2. The average Bonchev–Trinajstić information content (AvgIpc) is 2.80. The smallest absolute Gasteiger partial charge is 0.262 e. The van der Waals surface area contributed by atoms with Crippen molar-refractivity contribution in [2.24, 2.45) is 7.05 Å². The van der Waals surface area contributed by atoms with Crippen molar-refractivity contribution in [3.8, 4) is 0 Å². The molecule has 1 aromatic heterocycles. The minimum atomic E-state index is -0.0405. The molecule has 0 spiro atoms. The summed E-state index contributed by atoms with van der Waals surface area (Å²) in [5, 5.41) is 1.32. The van der Waals surface area contributed by atoms with Crippen LogP contribution < -0.4 is 5.56 Å². The molecule has 160 valence electrons. The van der Waals surface area contributed by atoms with Crippen LogP contribution in [0.3, 0.4) is 0 Å². The van der Waals surface area contributed by atoms with Gasteiger partial charge in [0.05, 0.1) is 10.9 Å². The molecular formula is C23H24N4O3S. The molecule has 0 atom stereocenters. The number of carbonyl (C=O) groups is 2. The van der Waals surface area contributed by atoms with Crippen molar-refractivity contribution < 1.29 is 9.59 Å². The molecule has 8 heteroatoms. The zero-order chi connectivity index (χ0) is 22.0. The molecule has 31 heavy (non-hydrogen) atoms. The van der Waals surface area contributed by atoms with Gasteiger partial charge in [-0.25, -0.2) is 4.98 Å². The van der Waals surface area contributed by atoms with Gasteiger partial charge in [0.2, 0.25) is 6.41 Å². The highest BCUT2D eigenvalue weighted by Gasteiger charge is 2.21. The maximum Gasteiger partial charge on any atom is 0.262 e. The third-order valence-corrected chi connectivity index (χ3v) is 6.69. The summed E-state index contributed by atoms with van der Waals surface area (Å²) in [4.78, 5) is 44.4. The fourth-order valence-electron chi connectivity index (χ4n) is 3.69. The molecule has 2 heterocycles. The van der Waals surface area contributed by atoms with E-state index in [0.717, 1.165) is 17.5 Å². The predicted molar refractivity (Wildman–Crippen MR) is 121 cm³/mol. The summed E-state index contributed by atoms with van der Waals surface area (Å²) < 4.78 is 1.59. The third-order valence-electron chi connectivity index (χ3n) is 5.59. The molecule has 1 aliphatic rings. The summed E-state index contributed by atoms with van der Waals surface area (Å²) in [7, 11) is 1.75. The molecular weight excluding hydrogens is 412 g/mol. The van der Waals surface area contributed by atoms with E-state index in [0.29, 0.717) is 53.6 Å². The van der Waals surface area contributed by atoms with Gasteiger partial charge in [0.15, 0.2) is 5.16 Å².